The third kappa shape index (κ3) is 5.23. The molecule has 1 heterocycles. The lowest BCUT2D eigenvalue weighted by Gasteiger charge is -2.30. The summed E-state index contributed by atoms with van der Waals surface area (Å²) in [7, 11) is -3.71. The number of anilines is 2. The Kier molecular flexibility index (Phi) is 7.05. The predicted molar refractivity (Wildman–Crippen MR) is 134 cm³/mol. The van der Waals surface area contributed by atoms with E-state index in [2.05, 4.69) is 12.2 Å². The van der Waals surface area contributed by atoms with E-state index < -0.39 is 10.0 Å². The molecule has 0 saturated heterocycles. The van der Waals surface area contributed by atoms with Gasteiger partial charge in [0.2, 0.25) is 0 Å². The van der Waals surface area contributed by atoms with Crippen LogP contribution in [0.5, 0.6) is 0 Å². The molecule has 0 atom stereocenters. The Morgan fingerprint density at radius 2 is 1.76 bits per heavy atom. The van der Waals surface area contributed by atoms with Crippen molar-refractivity contribution in [3.05, 3.63) is 88.4 Å². The van der Waals surface area contributed by atoms with Crippen molar-refractivity contribution in [3.8, 4) is 0 Å². The zero-order valence-electron chi connectivity index (χ0n) is 18.6. The minimum Gasteiger partial charge on any atom is -0.322 e. The summed E-state index contributed by atoms with van der Waals surface area (Å²) in [5.74, 6) is -0.211. The van der Waals surface area contributed by atoms with Crippen molar-refractivity contribution in [3.63, 3.8) is 0 Å². The fraction of sp³-hybridized carbons (Fsp3) is 0.269. The number of fused-ring (bicyclic) bond motifs is 1. The molecule has 7 heteroatoms. The van der Waals surface area contributed by atoms with Crippen LogP contribution in [0.2, 0.25) is 5.02 Å². The van der Waals surface area contributed by atoms with E-state index in [4.69, 9.17) is 11.6 Å². The first-order chi connectivity index (χ1) is 15.9. The van der Waals surface area contributed by atoms with E-state index in [1.165, 1.54) is 22.0 Å². The highest BCUT2D eigenvalue weighted by Gasteiger charge is 2.29. The molecule has 33 heavy (non-hydrogen) atoms. The number of carbonyl (C=O) groups is 1. The lowest BCUT2D eigenvalue weighted by atomic mass is 10.0. The van der Waals surface area contributed by atoms with Gasteiger partial charge in [-0.15, -0.1) is 0 Å². The van der Waals surface area contributed by atoms with Gasteiger partial charge in [-0.2, -0.15) is 0 Å². The maximum absolute atomic E-state index is 13.2. The topological polar surface area (TPSA) is 66.5 Å². The van der Waals surface area contributed by atoms with Gasteiger partial charge in [-0.1, -0.05) is 37.1 Å². The minimum atomic E-state index is -3.71. The molecular weight excluding hydrogens is 456 g/mol. The average molecular weight is 483 g/mol. The molecule has 1 aliphatic heterocycles. The van der Waals surface area contributed by atoms with Gasteiger partial charge in [0.15, 0.2) is 0 Å². The molecule has 0 saturated carbocycles. The van der Waals surface area contributed by atoms with Crippen molar-refractivity contribution < 1.29 is 13.2 Å². The molecular formula is C26H27ClN2O3S. The first kappa shape index (κ1) is 23.3. The first-order valence-electron chi connectivity index (χ1n) is 11.2. The second-order valence-corrected chi connectivity index (χ2v) is 10.5. The molecule has 5 nitrogen and oxygen atoms in total. The number of hydrogen-bond acceptors (Lipinski definition) is 3. The van der Waals surface area contributed by atoms with Crippen LogP contribution in [-0.4, -0.2) is 20.9 Å². The molecule has 0 bridgehead atoms. The molecule has 0 aliphatic carbocycles. The third-order valence-corrected chi connectivity index (χ3v) is 7.93. The third-order valence-electron chi connectivity index (χ3n) is 5.85. The van der Waals surface area contributed by atoms with Crippen LogP contribution in [0, 0.1) is 0 Å². The SMILES string of the molecule is CCCCc1ccc(NC(=O)c2ccc3c(c2)CCCN3S(=O)(=O)c2ccc(Cl)cc2)cc1. The van der Waals surface area contributed by atoms with Gasteiger partial charge in [0, 0.05) is 22.8 Å². The van der Waals surface area contributed by atoms with Crippen LogP contribution in [0.1, 0.15) is 47.7 Å². The van der Waals surface area contributed by atoms with E-state index in [0.29, 0.717) is 29.2 Å². The summed E-state index contributed by atoms with van der Waals surface area (Å²) in [5, 5.41) is 3.42. The standard InChI is InChI=1S/C26H27ClN2O3S/c1-2-3-5-19-7-12-23(13-8-19)28-26(30)21-9-16-25-20(18-21)6-4-17-29(25)33(31,32)24-14-10-22(27)11-15-24/h7-16,18H,2-6,17H2,1H3,(H,28,30). The summed E-state index contributed by atoms with van der Waals surface area (Å²) in [5.41, 5.74) is 3.97. The van der Waals surface area contributed by atoms with Gasteiger partial charge >= 0.3 is 0 Å². The van der Waals surface area contributed by atoms with Crippen molar-refractivity contribution in [2.24, 2.45) is 0 Å². The fourth-order valence-electron chi connectivity index (χ4n) is 4.03. The summed E-state index contributed by atoms with van der Waals surface area (Å²) in [6.45, 7) is 2.56. The number of rotatable bonds is 7. The number of carbonyl (C=O) groups excluding carboxylic acids is 1. The molecule has 0 fully saturated rings. The number of hydrogen-bond donors (Lipinski definition) is 1. The molecule has 0 spiro atoms. The van der Waals surface area contributed by atoms with E-state index in [1.54, 1.807) is 30.3 Å². The molecule has 1 aliphatic rings. The highest BCUT2D eigenvalue weighted by molar-refractivity contribution is 7.92. The van der Waals surface area contributed by atoms with Crippen LogP contribution >= 0.6 is 11.6 Å². The molecule has 0 unspecified atom stereocenters. The second-order valence-electron chi connectivity index (χ2n) is 8.23. The summed E-state index contributed by atoms with van der Waals surface area (Å²) >= 11 is 5.92. The molecule has 0 radical (unpaired) electrons. The van der Waals surface area contributed by atoms with E-state index in [0.717, 1.165) is 36.9 Å². The Morgan fingerprint density at radius 1 is 1.03 bits per heavy atom. The summed E-state index contributed by atoms with van der Waals surface area (Å²) in [4.78, 5) is 13.0. The molecule has 1 amide bonds. The Hall–Kier alpha value is -2.83. The van der Waals surface area contributed by atoms with Crippen molar-refractivity contribution in [2.75, 3.05) is 16.2 Å². The summed E-state index contributed by atoms with van der Waals surface area (Å²) in [6.07, 6.45) is 4.73. The normalized spacial score (nSPS) is 13.5. The maximum Gasteiger partial charge on any atom is 0.264 e. The van der Waals surface area contributed by atoms with Gasteiger partial charge in [0.25, 0.3) is 15.9 Å². The largest absolute Gasteiger partial charge is 0.322 e. The number of nitrogens with one attached hydrogen (secondary N) is 1. The molecule has 172 valence electrons. The Morgan fingerprint density at radius 3 is 2.45 bits per heavy atom. The number of unbranched alkanes of at least 4 members (excludes halogenated alkanes) is 1. The zero-order valence-corrected chi connectivity index (χ0v) is 20.1. The van der Waals surface area contributed by atoms with Gasteiger partial charge in [0.1, 0.15) is 0 Å². The van der Waals surface area contributed by atoms with Crippen molar-refractivity contribution in [1.82, 2.24) is 0 Å². The highest BCUT2D eigenvalue weighted by Crippen LogP contribution is 2.33. The fourth-order valence-corrected chi connectivity index (χ4v) is 5.69. The predicted octanol–water partition coefficient (Wildman–Crippen LogP) is 6.08. The van der Waals surface area contributed by atoms with Crippen LogP contribution in [-0.2, 0) is 22.9 Å². The zero-order chi connectivity index (χ0) is 23.4. The summed E-state index contributed by atoms with van der Waals surface area (Å²) < 4.78 is 27.9. The maximum atomic E-state index is 13.2. The van der Waals surface area contributed by atoms with E-state index in [1.807, 2.05) is 24.3 Å². The highest BCUT2D eigenvalue weighted by atomic mass is 35.5. The van der Waals surface area contributed by atoms with Gasteiger partial charge in [-0.05, 0) is 91.4 Å². The van der Waals surface area contributed by atoms with Crippen molar-refractivity contribution in [1.29, 1.82) is 0 Å². The summed E-state index contributed by atoms with van der Waals surface area (Å²) in [6, 6.07) is 19.3. The number of sulfonamides is 1. The number of benzene rings is 3. The molecule has 3 aromatic carbocycles. The lowest BCUT2D eigenvalue weighted by Crippen LogP contribution is -2.35. The minimum absolute atomic E-state index is 0.198. The van der Waals surface area contributed by atoms with Gasteiger partial charge in [-0.3, -0.25) is 9.10 Å². The van der Waals surface area contributed by atoms with Gasteiger partial charge in [-0.25, -0.2) is 8.42 Å². The number of halogens is 1. The monoisotopic (exact) mass is 482 g/mol. The van der Waals surface area contributed by atoms with E-state index >= 15 is 0 Å². The number of aryl methyl sites for hydroxylation is 2. The Labute approximate surface area is 200 Å². The second kappa shape index (κ2) is 9.98. The average Bonchev–Trinajstić information content (AvgIpc) is 2.83. The van der Waals surface area contributed by atoms with Gasteiger partial charge in [0.05, 0.1) is 10.6 Å². The smallest absolute Gasteiger partial charge is 0.264 e. The molecule has 4 rings (SSSR count). The molecule has 1 N–H and O–H groups in total. The van der Waals surface area contributed by atoms with Gasteiger partial charge < -0.3 is 5.32 Å². The van der Waals surface area contributed by atoms with Crippen LogP contribution in [0.25, 0.3) is 0 Å². The Balaban J connectivity index is 1.53. The van der Waals surface area contributed by atoms with Crippen molar-refractivity contribution in [2.45, 2.75) is 43.9 Å². The first-order valence-corrected chi connectivity index (χ1v) is 13.0. The lowest BCUT2D eigenvalue weighted by molar-refractivity contribution is 0.102. The van der Waals surface area contributed by atoms with E-state index in [-0.39, 0.29) is 10.8 Å². The van der Waals surface area contributed by atoms with Crippen LogP contribution in [0.15, 0.2) is 71.6 Å². The van der Waals surface area contributed by atoms with E-state index in [9.17, 15) is 13.2 Å². The quantitative estimate of drug-likeness (QED) is 0.444. The van der Waals surface area contributed by atoms with Crippen LogP contribution in [0.4, 0.5) is 11.4 Å². The molecule has 0 aromatic heterocycles. The molecule has 3 aromatic rings. The Bertz CT molecular complexity index is 1240. The number of amides is 1. The number of nitrogens with zero attached hydrogens (tertiary/aromatic N) is 1. The van der Waals surface area contributed by atoms with Crippen molar-refractivity contribution >= 4 is 38.9 Å². The van der Waals surface area contributed by atoms with Crippen LogP contribution in [0.3, 0.4) is 0 Å². The van der Waals surface area contributed by atoms with Crippen LogP contribution < -0.4 is 9.62 Å².